The average Bonchev–Trinajstić information content (AvgIpc) is 3.24. The molecule has 1 fully saturated rings. The van der Waals surface area contributed by atoms with Crippen LogP contribution in [-0.4, -0.2) is 39.9 Å². The number of nitrogens with one attached hydrogen (secondary N) is 1. The Balaban J connectivity index is 1.39. The van der Waals surface area contributed by atoms with Crippen LogP contribution in [0, 0.1) is 19.8 Å². The summed E-state index contributed by atoms with van der Waals surface area (Å²) in [5, 5.41) is 8.82. The van der Waals surface area contributed by atoms with Crippen LogP contribution in [0.3, 0.4) is 0 Å². The molecule has 1 aliphatic heterocycles. The maximum absolute atomic E-state index is 12.6. The third-order valence-electron chi connectivity index (χ3n) is 6.03. The zero-order valence-corrected chi connectivity index (χ0v) is 17.3. The van der Waals surface area contributed by atoms with Crippen molar-refractivity contribution in [3.8, 4) is 0 Å². The lowest BCUT2D eigenvalue weighted by molar-refractivity contribution is -0.122. The molecule has 6 nitrogen and oxygen atoms in total. The SMILES string of the molecule is Cc1nn(C)c(C)c1CCC(=O)N[C@H]1COC[C@H]1Cc1ccnc2ccccc12. The van der Waals surface area contributed by atoms with Gasteiger partial charge in [-0.2, -0.15) is 5.10 Å². The number of hydrogen-bond donors (Lipinski definition) is 1. The summed E-state index contributed by atoms with van der Waals surface area (Å²) in [6, 6.07) is 10.3. The molecule has 0 unspecified atom stereocenters. The van der Waals surface area contributed by atoms with Crippen LogP contribution in [-0.2, 0) is 29.4 Å². The van der Waals surface area contributed by atoms with Gasteiger partial charge in [-0.25, -0.2) is 0 Å². The third kappa shape index (κ3) is 4.17. The minimum Gasteiger partial charge on any atom is -0.379 e. The number of benzene rings is 1. The topological polar surface area (TPSA) is 69.0 Å². The van der Waals surface area contributed by atoms with Gasteiger partial charge in [0, 0.05) is 36.7 Å². The van der Waals surface area contributed by atoms with Crippen molar-refractivity contribution < 1.29 is 9.53 Å². The van der Waals surface area contributed by atoms with E-state index < -0.39 is 0 Å². The summed E-state index contributed by atoms with van der Waals surface area (Å²) in [7, 11) is 1.94. The summed E-state index contributed by atoms with van der Waals surface area (Å²) in [6.45, 7) is 5.29. The van der Waals surface area contributed by atoms with Crippen molar-refractivity contribution in [1.29, 1.82) is 0 Å². The molecule has 29 heavy (non-hydrogen) atoms. The van der Waals surface area contributed by atoms with E-state index in [4.69, 9.17) is 4.74 Å². The van der Waals surface area contributed by atoms with Gasteiger partial charge >= 0.3 is 0 Å². The third-order valence-corrected chi connectivity index (χ3v) is 6.03. The van der Waals surface area contributed by atoms with Gasteiger partial charge in [-0.3, -0.25) is 14.5 Å². The molecule has 3 aromatic rings. The Morgan fingerprint density at radius 3 is 2.86 bits per heavy atom. The molecule has 1 amide bonds. The number of carbonyl (C=O) groups is 1. The number of nitrogens with zero attached hydrogens (tertiary/aromatic N) is 3. The summed E-state index contributed by atoms with van der Waals surface area (Å²) in [4.78, 5) is 17.1. The van der Waals surface area contributed by atoms with Crippen LogP contribution in [0.5, 0.6) is 0 Å². The Hall–Kier alpha value is -2.73. The first-order chi connectivity index (χ1) is 14.0. The largest absolute Gasteiger partial charge is 0.379 e. The van der Waals surface area contributed by atoms with Gasteiger partial charge in [0.1, 0.15) is 0 Å². The van der Waals surface area contributed by atoms with E-state index in [-0.39, 0.29) is 17.9 Å². The van der Waals surface area contributed by atoms with E-state index >= 15 is 0 Å². The summed E-state index contributed by atoms with van der Waals surface area (Å²) in [6.07, 6.45) is 3.91. The van der Waals surface area contributed by atoms with E-state index in [2.05, 4.69) is 27.5 Å². The minimum atomic E-state index is 0.0468. The van der Waals surface area contributed by atoms with Gasteiger partial charge in [-0.15, -0.1) is 0 Å². The molecule has 1 saturated heterocycles. The van der Waals surface area contributed by atoms with Crippen LogP contribution >= 0.6 is 0 Å². The highest BCUT2D eigenvalue weighted by Gasteiger charge is 2.30. The Morgan fingerprint density at radius 2 is 2.07 bits per heavy atom. The number of aromatic nitrogens is 3. The lowest BCUT2D eigenvalue weighted by atomic mass is 9.93. The number of amides is 1. The van der Waals surface area contributed by atoms with Crippen LogP contribution in [0.1, 0.15) is 28.9 Å². The minimum absolute atomic E-state index is 0.0468. The molecule has 4 rings (SSSR count). The summed E-state index contributed by atoms with van der Waals surface area (Å²) in [5.74, 6) is 0.347. The summed E-state index contributed by atoms with van der Waals surface area (Å²) < 4.78 is 7.59. The monoisotopic (exact) mass is 392 g/mol. The predicted molar refractivity (Wildman–Crippen MR) is 113 cm³/mol. The zero-order chi connectivity index (χ0) is 20.4. The molecule has 1 aliphatic rings. The fraction of sp³-hybridized carbons (Fsp3) is 0.435. The van der Waals surface area contributed by atoms with Crippen LogP contribution in [0.4, 0.5) is 0 Å². The second kappa shape index (κ2) is 8.33. The number of para-hydroxylation sites is 1. The molecule has 0 saturated carbocycles. The molecule has 0 aliphatic carbocycles. The molecular weight excluding hydrogens is 364 g/mol. The van der Waals surface area contributed by atoms with E-state index in [9.17, 15) is 4.79 Å². The summed E-state index contributed by atoms with van der Waals surface area (Å²) in [5.41, 5.74) is 5.56. The second-order valence-electron chi connectivity index (χ2n) is 7.94. The number of carbonyl (C=O) groups excluding carboxylic acids is 1. The van der Waals surface area contributed by atoms with Gasteiger partial charge in [0.25, 0.3) is 0 Å². The fourth-order valence-corrected chi connectivity index (χ4v) is 4.27. The van der Waals surface area contributed by atoms with Gasteiger partial charge < -0.3 is 10.1 Å². The standard InChI is InChI=1S/C23H28N4O2/c1-15-19(16(2)27(3)26-15)8-9-23(28)25-22-14-29-13-18(22)12-17-10-11-24-21-7-5-4-6-20(17)21/h4-7,10-11,18,22H,8-9,12-14H2,1-3H3,(H,25,28)/t18-,22+/m1/s1. The van der Waals surface area contributed by atoms with Gasteiger partial charge in [-0.05, 0) is 49.9 Å². The highest BCUT2D eigenvalue weighted by Crippen LogP contribution is 2.24. The van der Waals surface area contributed by atoms with Crippen molar-refractivity contribution in [3.63, 3.8) is 0 Å². The Kier molecular flexibility index (Phi) is 5.62. The van der Waals surface area contributed by atoms with Crippen LogP contribution in [0.2, 0.25) is 0 Å². The molecule has 0 spiro atoms. The van der Waals surface area contributed by atoms with Gasteiger partial charge in [0.05, 0.1) is 30.5 Å². The highest BCUT2D eigenvalue weighted by atomic mass is 16.5. The van der Waals surface area contributed by atoms with Gasteiger partial charge in [0.15, 0.2) is 0 Å². The smallest absolute Gasteiger partial charge is 0.220 e. The van der Waals surface area contributed by atoms with Gasteiger partial charge in [-0.1, -0.05) is 18.2 Å². The van der Waals surface area contributed by atoms with Crippen molar-refractivity contribution in [1.82, 2.24) is 20.1 Å². The quantitative estimate of drug-likeness (QED) is 0.700. The number of pyridine rings is 1. The Labute approximate surface area is 171 Å². The van der Waals surface area contributed by atoms with E-state index in [1.807, 2.05) is 50.0 Å². The van der Waals surface area contributed by atoms with Crippen molar-refractivity contribution in [2.24, 2.45) is 13.0 Å². The Morgan fingerprint density at radius 1 is 1.24 bits per heavy atom. The molecule has 0 radical (unpaired) electrons. The fourth-order valence-electron chi connectivity index (χ4n) is 4.27. The van der Waals surface area contributed by atoms with Crippen molar-refractivity contribution in [3.05, 3.63) is 59.0 Å². The first kappa shape index (κ1) is 19.6. The van der Waals surface area contributed by atoms with Crippen LogP contribution in [0.15, 0.2) is 36.5 Å². The van der Waals surface area contributed by atoms with Crippen molar-refractivity contribution >= 4 is 16.8 Å². The highest BCUT2D eigenvalue weighted by molar-refractivity contribution is 5.82. The normalized spacial score (nSPS) is 19.0. The van der Waals surface area contributed by atoms with Crippen molar-refractivity contribution in [2.45, 2.75) is 39.2 Å². The first-order valence-corrected chi connectivity index (χ1v) is 10.2. The number of aryl methyl sites for hydroxylation is 2. The van der Waals surface area contributed by atoms with E-state index in [0.29, 0.717) is 26.1 Å². The van der Waals surface area contributed by atoms with Crippen LogP contribution in [0.25, 0.3) is 10.9 Å². The zero-order valence-electron chi connectivity index (χ0n) is 17.3. The predicted octanol–water partition coefficient (Wildman–Crippen LogP) is 2.89. The number of ether oxygens (including phenoxy) is 1. The average molecular weight is 393 g/mol. The molecule has 0 bridgehead atoms. The maximum atomic E-state index is 12.6. The number of hydrogen-bond acceptors (Lipinski definition) is 4. The molecule has 1 aromatic carbocycles. The molecule has 2 aromatic heterocycles. The molecule has 152 valence electrons. The van der Waals surface area contributed by atoms with E-state index in [1.165, 1.54) is 16.5 Å². The molecule has 2 atom stereocenters. The molecule has 1 N–H and O–H groups in total. The van der Waals surface area contributed by atoms with E-state index in [0.717, 1.165) is 23.3 Å². The lowest BCUT2D eigenvalue weighted by Gasteiger charge is -2.20. The Bertz CT molecular complexity index is 1020. The van der Waals surface area contributed by atoms with Crippen LogP contribution < -0.4 is 5.32 Å². The summed E-state index contributed by atoms with van der Waals surface area (Å²) >= 11 is 0. The first-order valence-electron chi connectivity index (χ1n) is 10.2. The van der Waals surface area contributed by atoms with E-state index in [1.54, 1.807) is 0 Å². The lowest BCUT2D eigenvalue weighted by Crippen LogP contribution is -2.40. The molecule has 3 heterocycles. The second-order valence-corrected chi connectivity index (χ2v) is 7.94. The maximum Gasteiger partial charge on any atom is 0.220 e. The van der Waals surface area contributed by atoms with Gasteiger partial charge in [0.2, 0.25) is 5.91 Å². The van der Waals surface area contributed by atoms with Crippen molar-refractivity contribution in [2.75, 3.05) is 13.2 Å². The molecular formula is C23H28N4O2. The number of fused-ring (bicyclic) bond motifs is 1. The molecule has 6 heteroatoms. The number of rotatable bonds is 6.